The van der Waals surface area contributed by atoms with Gasteiger partial charge in [0, 0.05) is 5.92 Å². The van der Waals surface area contributed by atoms with Gasteiger partial charge in [0.05, 0.1) is 16.8 Å². The van der Waals surface area contributed by atoms with Crippen LogP contribution >= 0.6 is 0 Å². The van der Waals surface area contributed by atoms with Gasteiger partial charge in [-0.15, -0.1) is 0 Å². The minimum atomic E-state index is -1.07. The molecular formula is C18H32O3. The Morgan fingerprint density at radius 1 is 0.571 bits per heavy atom. The maximum Gasteiger partial charge on any atom is 0.0988 e. The van der Waals surface area contributed by atoms with Gasteiger partial charge in [-0.2, -0.15) is 0 Å². The lowest BCUT2D eigenvalue weighted by molar-refractivity contribution is -0.248. The Morgan fingerprint density at radius 2 is 1.10 bits per heavy atom. The summed E-state index contributed by atoms with van der Waals surface area (Å²) in [6.45, 7) is 0. The summed E-state index contributed by atoms with van der Waals surface area (Å²) in [6.07, 6.45) is 13.1. The van der Waals surface area contributed by atoms with Crippen molar-refractivity contribution in [1.82, 2.24) is 0 Å². The highest BCUT2D eigenvalue weighted by Crippen LogP contribution is 2.53. The van der Waals surface area contributed by atoms with Crippen molar-refractivity contribution in [2.75, 3.05) is 0 Å². The lowest BCUT2D eigenvalue weighted by Crippen LogP contribution is -2.66. The number of hydrogen-bond acceptors (Lipinski definition) is 3. The molecule has 3 saturated carbocycles. The Morgan fingerprint density at radius 3 is 1.71 bits per heavy atom. The molecule has 3 heteroatoms. The van der Waals surface area contributed by atoms with Crippen molar-refractivity contribution < 1.29 is 15.3 Å². The average Bonchev–Trinajstić information content (AvgIpc) is 2.49. The fourth-order valence-corrected chi connectivity index (χ4v) is 5.51. The van der Waals surface area contributed by atoms with Crippen LogP contribution in [0, 0.1) is 5.92 Å². The minimum Gasteiger partial charge on any atom is -0.389 e. The zero-order valence-corrected chi connectivity index (χ0v) is 13.3. The van der Waals surface area contributed by atoms with Gasteiger partial charge in [0.1, 0.15) is 0 Å². The predicted octanol–water partition coefficient (Wildman–Crippen LogP) is 3.30. The molecule has 3 aliphatic rings. The van der Waals surface area contributed by atoms with E-state index in [1.165, 1.54) is 6.42 Å². The monoisotopic (exact) mass is 296 g/mol. The molecule has 3 N–H and O–H groups in total. The fourth-order valence-electron chi connectivity index (χ4n) is 5.51. The van der Waals surface area contributed by atoms with E-state index >= 15 is 0 Å². The van der Waals surface area contributed by atoms with Crippen molar-refractivity contribution >= 4 is 0 Å². The van der Waals surface area contributed by atoms with Gasteiger partial charge < -0.3 is 15.3 Å². The first kappa shape index (κ1) is 15.8. The first-order valence-corrected chi connectivity index (χ1v) is 9.17. The van der Waals surface area contributed by atoms with Gasteiger partial charge >= 0.3 is 0 Å². The van der Waals surface area contributed by atoms with E-state index < -0.39 is 16.8 Å². The molecule has 0 bridgehead atoms. The molecule has 3 nitrogen and oxygen atoms in total. The molecule has 0 radical (unpaired) electrons. The van der Waals surface area contributed by atoms with E-state index in [2.05, 4.69) is 0 Å². The third-order valence-electron chi connectivity index (χ3n) is 6.73. The first-order chi connectivity index (χ1) is 10.0. The highest BCUT2D eigenvalue weighted by Gasteiger charge is 2.59. The van der Waals surface area contributed by atoms with E-state index in [1.807, 2.05) is 0 Å². The maximum absolute atomic E-state index is 11.5. The molecule has 0 saturated heterocycles. The van der Waals surface area contributed by atoms with Crippen LogP contribution in [0.1, 0.15) is 89.9 Å². The summed E-state index contributed by atoms with van der Waals surface area (Å²) in [6, 6.07) is 0. The van der Waals surface area contributed by atoms with Gasteiger partial charge in [-0.1, -0.05) is 51.4 Å². The number of hydrogen-bond donors (Lipinski definition) is 3. The van der Waals surface area contributed by atoms with Crippen molar-refractivity contribution in [3.05, 3.63) is 0 Å². The Kier molecular flexibility index (Phi) is 4.37. The summed E-state index contributed by atoms with van der Waals surface area (Å²) in [5.74, 6) is -0.137. The van der Waals surface area contributed by atoms with Crippen LogP contribution in [0.25, 0.3) is 0 Å². The average molecular weight is 296 g/mol. The van der Waals surface area contributed by atoms with Crippen LogP contribution in [0.2, 0.25) is 0 Å². The third-order valence-corrected chi connectivity index (χ3v) is 6.73. The molecule has 3 rings (SSSR count). The maximum atomic E-state index is 11.5. The second kappa shape index (κ2) is 5.82. The van der Waals surface area contributed by atoms with E-state index in [4.69, 9.17) is 0 Å². The van der Waals surface area contributed by atoms with Crippen molar-refractivity contribution in [2.24, 2.45) is 5.92 Å². The Bertz CT molecular complexity index is 355. The molecule has 0 amide bonds. The van der Waals surface area contributed by atoms with E-state index in [1.54, 1.807) is 0 Å². The smallest absolute Gasteiger partial charge is 0.0988 e. The summed E-state index contributed by atoms with van der Waals surface area (Å²) in [5, 5.41) is 33.9. The minimum absolute atomic E-state index is 0.137. The highest BCUT2D eigenvalue weighted by molar-refractivity contribution is 5.11. The van der Waals surface area contributed by atoms with Crippen LogP contribution in [0.4, 0.5) is 0 Å². The van der Waals surface area contributed by atoms with Crippen LogP contribution < -0.4 is 0 Å². The van der Waals surface area contributed by atoms with Gasteiger partial charge in [-0.05, 0) is 38.5 Å². The van der Waals surface area contributed by atoms with Crippen molar-refractivity contribution in [3.63, 3.8) is 0 Å². The van der Waals surface area contributed by atoms with Gasteiger partial charge in [0.25, 0.3) is 0 Å². The summed E-state index contributed by atoms with van der Waals surface area (Å²) in [5.41, 5.74) is -2.79. The molecule has 0 heterocycles. The molecule has 2 unspecified atom stereocenters. The van der Waals surface area contributed by atoms with Gasteiger partial charge in [0.2, 0.25) is 0 Å². The van der Waals surface area contributed by atoms with Crippen molar-refractivity contribution in [3.8, 4) is 0 Å². The van der Waals surface area contributed by atoms with E-state index in [0.717, 1.165) is 64.2 Å². The van der Waals surface area contributed by atoms with Crippen molar-refractivity contribution in [2.45, 2.75) is 107 Å². The van der Waals surface area contributed by atoms with Crippen LogP contribution in [0.5, 0.6) is 0 Å². The molecule has 0 aromatic heterocycles. The molecule has 122 valence electrons. The standard InChI is InChI=1S/C18H32O3/c19-16(10-4-1-5-11-16)15-9-3-8-14-18(15,21)17(20)12-6-2-7-13-17/h15,19-21H,1-14H2. The van der Waals surface area contributed by atoms with Crippen LogP contribution in [-0.4, -0.2) is 32.1 Å². The molecule has 21 heavy (non-hydrogen) atoms. The van der Waals surface area contributed by atoms with Gasteiger partial charge in [0.15, 0.2) is 0 Å². The summed E-state index contributed by atoms with van der Waals surface area (Å²) in [7, 11) is 0. The summed E-state index contributed by atoms with van der Waals surface area (Å²) >= 11 is 0. The van der Waals surface area contributed by atoms with Crippen molar-refractivity contribution in [1.29, 1.82) is 0 Å². The van der Waals surface area contributed by atoms with E-state index in [0.29, 0.717) is 19.3 Å². The highest BCUT2D eigenvalue weighted by atomic mass is 16.4. The van der Waals surface area contributed by atoms with Crippen LogP contribution in [0.15, 0.2) is 0 Å². The molecule has 3 aliphatic carbocycles. The largest absolute Gasteiger partial charge is 0.389 e. The normalized spacial score (nSPS) is 39.9. The molecule has 0 aromatic carbocycles. The number of aliphatic hydroxyl groups is 3. The topological polar surface area (TPSA) is 60.7 Å². The lowest BCUT2D eigenvalue weighted by Gasteiger charge is -2.57. The predicted molar refractivity (Wildman–Crippen MR) is 83.0 cm³/mol. The number of rotatable bonds is 2. The Balaban J connectivity index is 1.89. The quantitative estimate of drug-likeness (QED) is 0.732. The zero-order chi connectivity index (χ0) is 15.0. The summed E-state index contributed by atoms with van der Waals surface area (Å²) < 4.78 is 0. The zero-order valence-electron chi connectivity index (χ0n) is 13.3. The van der Waals surface area contributed by atoms with Crippen LogP contribution in [0.3, 0.4) is 0 Å². The lowest BCUT2D eigenvalue weighted by atomic mass is 9.55. The molecule has 2 atom stereocenters. The summed E-state index contributed by atoms with van der Waals surface area (Å²) in [4.78, 5) is 0. The Hall–Kier alpha value is -0.120. The van der Waals surface area contributed by atoms with E-state index in [9.17, 15) is 15.3 Å². The molecule has 0 aromatic rings. The first-order valence-electron chi connectivity index (χ1n) is 9.17. The molecular weight excluding hydrogens is 264 g/mol. The molecule has 0 spiro atoms. The molecule has 3 fully saturated rings. The second-order valence-corrected chi connectivity index (χ2v) is 7.98. The third kappa shape index (κ3) is 2.66. The van der Waals surface area contributed by atoms with E-state index in [-0.39, 0.29) is 5.92 Å². The molecule has 0 aliphatic heterocycles. The Labute approximate surface area is 128 Å². The van der Waals surface area contributed by atoms with Gasteiger partial charge in [-0.3, -0.25) is 0 Å². The second-order valence-electron chi connectivity index (χ2n) is 7.98. The van der Waals surface area contributed by atoms with Gasteiger partial charge in [-0.25, -0.2) is 0 Å². The van der Waals surface area contributed by atoms with Crippen LogP contribution in [-0.2, 0) is 0 Å². The SMILES string of the molecule is OC1(C2CCCCC2(O)C2(O)CCCCC2)CCCCC1. The fraction of sp³-hybridized carbons (Fsp3) is 1.00.